The number of aromatic nitrogens is 4. The van der Waals surface area contributed by atoms with Gasteiger partial charge in [-0.25, -0.2) is 27.3 Å². The summed E-state index contributed by atoms with van der Waals surface area (Å²) in [7, 11) is 2.58. The van der Waals surface area contributed by atoms with Gasteiger partial charge < -0.3 is 19.9 Å². The van der Waals surface area contributed by atoms with Crippen LogP contribution in [0.5, 0.6) is 11.6 Å². The minimum atomic E-state index is -3.27. The number of hydrogen-bond donors (Lipinski definition) is 2. The Bertz CT molecular complexity index is 1290. The quantitative estimate of drug-likeness (QED) is 0.433. The Morgan fingerprint density at radius 1 is 1.31 bits per heavy atom. The Morgan fingerprint density at radius 3 is 2.60 bits per heavy atom. The van der Waals surface area contributed by atoms with Crippen LogP contribution in [0.2, 0.25) is 0 Å². The third-order valence-corrected chi connectivity index (χ3v) is 5.00. The number of nitrogens with zero attached hydrogens (tertiary/aromatic N) is 4. The van der Waals surface area contributed by atoms with E-state index in [0.29, 0.717) is 16.3 Å². The van der Waals surface area contributed by atoms with E-state index in [1.54, 1.807) is 13.0 Å². The molecule has 0 bridgehead atoms. The van der Waals surface area contributed by atoms with Gasteiger partial charge in [0.2, 0.25) is 5.88 Å². The Kier molecular flexibility index (Phi) is 7.74. The molecule has 35 heavy (non-hydrogen) atoms. The minimum Gasteiger partial charge on any atom is -0.481 e. The predicted molar refractivity (Wildman–Crippen MR) is 115 cm³/mol. The Balaban J connectivity index is 2.15. The molecule has 0 aliphatic carbocycles. The lowest BCUT2D eigenvalue weighted by molar-refractivity contribution is -0.00158. The smallest absolute Gasteiger partial charge is 0.350 e. The number of anilines is 1. The number of ether oxygens (including phenoxy) is 2. The standard InChI is InChI=1S/C21H21F4N5O5/c1-10-4-5-26-20(34-3)17(10)27-19(32)11-6-12(23)13(7-14(11)35-15(8-22)18(24)25)30-21(33)29(2)16(9-31)28-30/h4-7,15,18,31H,8-9H2,1-3H3,(H,27,32)/t15-/m0/s1. The number of pyridine rings is 1. The number of nitrogens with one attached hydrogen (secondary N) is 1. The average molecular weight is 499 g/mol. The van der Waals surface area contributed by atoms with E-state index < -0.39 is 60.2 Å². The summed E-state index contributed by atoms with van der Waals surface area (Å²) in [6, 6.07) is 2.97. The van der Waals surface area contributed by atoms with Gasteiger partial charge in [-0.1, -0.05) is 0 Å². The second kappa shape index (κ2) is 10.5. The summed E-state index contributed by atoms with van der Waals surface area (Å²) in [6.45, 7) is -0.631. The predicted octanol–water partition coefficient (Wildman–Crippen LogP) is 2.15. The lowest BCUT2D eigenvalue weighted by Gasteiger charge is -2.19. The molecule has 0 saturated carbocycles. The number of alkyl halides is 3. The molecule has 1 aromatic carbocycles. The fourth-order valence-electron chi connectivity index (χ4n) is 3.09. The van der Waals surface area contributed by atoms with Crippen molar-refractivity contribution in [2.45, 2.75) is 26.1 Å². The normalized spacial score (nSPS) is 12.0. The third-order valence-electron chi connectivity index (χ3n) is 5.00. The summed E-state index contributed by atoms with van der Waals surface area (Å²) in [6.07, 6.45) is -4.13. The molecule has 3 rings (SSSR count). The number of aliphatic hydroxyl groups excluding tert-OH is 1. The van der Waals surface area contributed by atoms with Crippen molar-refractivity contribution in [1.82, 2.24) is 19.3 Å². The molecule has 188 valence electrons. The van der Waals surface area contributed by atoms with Crippen molar-refractivity contribution in [3.05, 3.63) is 57.6 Å². The molecule has 2 heterocycles. The van der Waals surface area contributed by atoms with E-state index in [1.165, 1.54) is 20.4 Å². The molecule has 1 atom stereocenters. The van der Waals surface area contributed by atoms with Crippen molar-refractivity contribution in [2.75, 3.05) is 19.1 Å². The number of aliphatic hydroxyl groups is 1. The van der Waals surface area contributed by atoms with Crippen LogP contribution in [0.3, 0.4) is 0 Å². The van der Waals surface area contributed by atoms with Gasteiger partial charge in [-0.2, -0.15) is 4.68 Å². The highest BCUT2D eigenvalue weighted by atomic mass is 19.3. The highest BCUT2D eigenvalue weighted by Crippen LogP contribution is 2.30. The molecule has 10 nitrogen and oxygen atoms in total. The number of rotatable bonds is 9. The molecule has 0 spiro atoms. The number of methoxy groups -OCH3 is 1. The molecule has 0 unspecified atom stereocenters. The summed E-state index contributed by atoms with van der Waals surface area (Å²) in [5.41, 5.74) is -1.36. The van der Waals surface area contributed by atoms with Gasteiger partial charge in [-0.3, -0.25) is 9.36 Å². The zero-order valence-electron chi connectivity index (χ0n) is 18.8. The van der Waals surface area contributed by atoms with E-state index >= 15 is 4.39 Å². The fourth-order valence-corrected chi connectivity index (χ4v) is 3.09. The molecular formula is C21H21F4N5O5. The molecule has 2 aromatic heterocycles. The van der Waals surface area contributed by atoms with Crippen molar-refractivity contribution in [3.8, 4) is 17.3 Å². The van der Waals surface area contributed by atoms with Crippen LogP contribution < -0.4 is 20.5 Å². The summed E-state index contributed by atoms with van der Waals surface area (Å²) in [4.78, 5) is 29.4. The van der Waals surface area contributed by atoms with Crippen LogP contribution in [-0.4, -0.2) is 56.7 Å². The van der Waals surface area contributed by atoms with Gasteiger partial charge in [0.1, 0.15) is 36.2 Å². The molecule has 0 aliphatic rings. The average Bonchev–Trinajstić information content (AvgIpc) is 3.12. The lowest BCUT2D eigenvalue weighted by atomic mass is 10.1. The number of amides is 1. The fraction of sp³-hybridized carbons (Fsp3) is 0.333. The number of carbonyl (C=O) groups excluding carboxylic acids is 1. The SMILES string of the molecule is COc1nccc(C)c1NC(=O)c1cc(F)c(-n2nc(CO)n(C)c2=O)cc1O[C@@H](CF)C(F)F. The maximum atomic E-state index is 15.1. The maximum absolute atomic E-state index is 15.1. The Morgan fingerprint density at radius 2 is 2.03 bits per heavy atom. The van der Waals surface area contributed by atoms with Crippen LogP contribution in [0.1, 0.15) is 21.7 Å². The van der Waals surface area contributed by atoms with Crippen LogP contribution in [0.15, 0.2) is 29.2 Å². The van der Waals surface area contributed by atoms with Gasteiger partial charge in [0.15, 0.2) is 11.9 Å². The van der Waals surface area contributed by atoms with E-state index in [1.807, 2.05) is 0 Å². The molecule has 14 heteroatoms. The van der Waals surface area contributed by atoms with E-state index in [0.717, 1.165) is 10.6 Å². The summed E-state index contributed by atoms with van der Waals surface area (Å²) in [5.74, 6) is -2.87. The van der Waals surface area contributed by atoms with E-state index in [2.05, 4.69) is 15.4 Å². The van der Waals surface area contributed by atoms with Crippen LogP contribution >= 0.6 is 0 Å². The maximum Gasteiger partial charge on any atom is 0.350 e. The summed E-state index contributed by atoms with van der Waals surface area (Å²) >= 11 is 0. The molecule has 0 fully saturated rings. The van der Waals surface area contributed by atoms with Gasteiger partial charge in [-0.15, -0.1) is 5.10 Å². The Hall–Kier alpha value is -3.94. The van der Waals surface area contributed by atoms with Gasteiger partial charge in [-0.05, 0) is 24.6 Å². The van der Waals surface area contributed by atoms with Crippen molar-refractivity contribution in [1.29, 1.82) is 0 Å². The van der Waals surface area contributed by atoms with Crippen molar-refractivity contribution in [2.24, 2.45) is 7.05 Å². The van der Waals surface area contributed by atoms with Crippen molar-refractivity contribution in [3.63, 3.8) is 0 Å². The number of benzene rings is 1. The molecule has 2 N–H and O–H groups in total. The van der Waals surface area contributed by atoms with Gasteiger partial charge in [0.25, 0.3) is 12.3 Å². The largest absolute Gasteiger partial charge is 0.481 e. The van der Waals surface area contributed by atoms with Crippen LogP contribution in [0, 0.1) is 12.7 Å². The summed E-state index contributed by atoms with van der Waals surface area (Å²) in [5, 5.41) is 15.6. The first-order chi connectivity index (χ1) is 16.6. The van der Waals surface area contributed by atoms with Crippen LogP contribution in [-0.2, 0) is 13.7 Å². The highest BCUT2D eigenvalue weighted by Gasteiger charge is 2.28. The first-order valence-electron chi connectivity index (χ1n) is 10.0. The topological polar surface area (TPSA) is 120 Å². The number of hydrogen-bond acceptors (Lipinski definition) is 7. The van der Waals surface area contributed by atoms with Crippen molar-refractivity contribution >= 4 is 11.6 Å². The first-order valence-corrected chi connectivity index (χ1v) is 10.0. The van der Waals surface area contributed by atoms with Gasteiger partial charge >= 0.3 is 5.69 Å². The molecule has 0 saturated heterocycles. The highest BCUT2D eigenvalue weighted by molar-refractivity contribution is 6.07. The lowest BCUT2D eigenvalue weighted by Crippen LogP contribution is -2.29. The third kappa shape index (κ3) is 5.11. The van der Waals surface area contributed by atoms with Gasteiger partial charge in [0, 0.05) is 19.3 Å². The van der Waals surface area contributed by atoms with Crippen LogP contribution in [0.4, 0.5) is 23.2 Å². The number of carbonyl (C=O) groups is 1. The second-order valence-corrected chi connectivity index (χ2v) is 7.24. The molecule has 3 aromatic rings. The molecule has 0 aliphatic heterocycles. The second-order valence-electron chi connectivity index (χ2n) is 7.24. The molecular weight excluding hydrogens is 478 g/mol. The zero-order valence-corrected chi connectivity index (χ0v) is 18.8. The summed E-state index contributed by atoms with van der Waals surface area (Å²) < 4.78 is 66.3. The van der Waals surface area contributed by atoms with E-state index in [9.17, 15) is 27.9 Å². The first kappa shape index (κ1) is 25.7. The molecule has 0 radical (unpaired) electrons. The number of halogens is 4. The van der Waals surface area contributed by atoms with E-state index in [-0.39, 0.29) is 17.4 Å². The van der Waals surface area contributed by atoms with Crippen molar-refractivity contribution < 1.29 is 36.9 Å². The monoisotopic (exact) mass is 499 g/mol. The van der Waals surface area contributed by atoms with Crippen LogP contribution in [0.25, 0.3) is 5.69 Å². The Labute approximate surface area is 195 Å². The molecule has 1 amide bonds. The number of aryl methyl sites for hydroxylation is 1. The van der Waals surface area contributed by atoms with E-state index in [4.69, 9.17) is 9.47 Å². The van der Waals surface area contributed by atoms with Gasteiger partial charge in [0.05, 0.1) is 12.7 Å². The zero-order chi connectivity index (χ0) is 25.9. The minimum absolute atomic E-state index is 0.0312.